The fraction of sp³-hybridized carbons (Fsp3) is 0.882. The Labute approximate surface area is 167 Å². The normalized spacial score (nSPS) is 15.2. The van der Waals surface area contributed by atoms with Crippen molar-refractivity contribution in [1.29, 1.82) is 0 Å². The number of rotatable bonds is 11. The van der Waals surface area contributed by atoms with Crippen LogP contribution in [0.4, 0.5) is 0 Å². The highest BCUT2D eigenvalue weighted by atomic mass is 28.4. The quantitative estimate of drug-likeness (QED) is 0.207. The molecule has 0 heterocycles. The van der Waals surface area contributed by atoms with Crippen LogP contribution in [0.25, 0.3) is 0 Å². The summed E-state index contributed by atoms with van der Waals surface area (Å²) in [6.07, 6.45) is -0.467. The molecule has 160 valence electrons. The lowest BCUT2D eigenvalue weighted by Gasteiger charge is -2.37. The van der Waals surface area contributed by atoms with Gasteiger partial charge < -0.3 is 22.4 Å². The van der Waals surface area contributed by atoms with Crippen molar-refractivity contribution in [2.24, 2.45) is 5.41 Å². The number of esters is 2. The highest BCUT2D eigenvalue weighted by Gasteiger charge is 2.40. The molecular formula is C17H38O7Si3. The van der Waals surface area contributed by atoms with E-state index in [1.165, 1.54) is 0 Å². The Hall–Kier alpha value is -0.529. The topological polar surface area (TPSA) is 80.3 Å². The summed E-state index contributed by atoms with van der Waals surface area (Å²) >= 11 is 0. The lowest BCUT2D eigenvalue weighted by molar-refractivity contribution is -0.162. The van der Waals surface area contributed by atoms with Gasteiger partial charge >= 0.3 is 20.5 Å². The first-order valence-electron chi connectivity index (χ1n) is 9.20. The van der Waals surface area contributed by atoms with E-state index in [4.69, 9.17) is 22.4 Å². The molecular weight excluding hydrogens is 400 g/mol. The SMILES string of the molecule is CC(C)(C)C[Si](C)(OCOC(=O)CC(=O)OCO[Si](C)(C)C)O[Si](C)(C)C. The average molecular weight is 439 g/mol. The molecule has 0 fully saturated rings. The molecule has 0 aliphatic heterocycles. The van der Waals surface area contributed by atoms with E-state index in [2.05, 4.69) is 40.4 Å². The minimum atomic E-state index is -2.52. The van der Waals surface area contributed by atoms with Gasteiger partial charge in [0, 0.05) is 0 Å². The smallest absolute Gasteiger partial charge is 0.327 e. The molecule has 7 nitrogen and oxygen atoms in total. The predicted octanol–water partition coefficient (Wildman–Crippen LogP) is 4.22. The fourth-order valence-corrected chi connectivity index (χ4v) is 10.9. The Bertz CT molecular complexity index is 474. The first-order chi connectivity index (χ1) is 11.9. The Morgan fingerprint density at radius 3 is 1.56 bits per heavy atom. The lowest BCUT2D eigenvalue weighted by Crippen LogP contribution is -2.49. The third-order valence-corrected chi connectivity index (χ3v) is 10.6. The van der Waals surface area contributed by atoms with Crippen LogP contribution in [-0.4, -0.2) is 50.7 Å². The summed E-state index contributed by atoms with van der Waals surface area (Å²) in [5.41, 5.74) is 0.0325. The first-order valence-corrected chi connectivity index (χ1v) is 18.5. The molecule has 0 saturated carbocycles. The van der Waals surface area contributed by atoms with Crippen LogP contribution in [0, 0.1) is 5.41 Å². The van der Waals surface area contributed by atoms with Crippen LogP contribution in [0.5, 0.6) is 0 Å². The Morgan fingerprint density at radius 2 is 1.19 bits per heavy atom. The zero-order valence-electron chi connectivity index (χ0n) is 18.7. The van der Waals surface area contributed by atoms with Crippen LogP contribution >= 0.6 is 0 Å². The number of carbonyl (C=O) groups excluding carboxylic acids is 2. The number of hydrogen-bond acceptors (Lipinski definition) is 7. The summed E-state index contributed by atoms with van der Waals surface area (Å²) < 4.78 is 27.6. The molecule has 0 saturated heterocycles. The molecule has 10 heteroatoms. The Morgan fingerprint density at radius 1 is 0.741 bits per heavy atom. The third kappa shape index (κ3) is 16.2. The van der Waals surface area contributed by atoms with E-state index in [1.807, 2.05) is 26.2 Å². The van der Waals surface area contributed by atoms with Crippen molar-refractivity contribution in [3.05, 3.63) is 0 Å². The molecule has 0 N–H and O–H groups in total. The first kappa shape index (κ1) is 26.5. The second-order valence-electron chi connectivity index (χ2n) is 9.93. The van der Waals surface area contributed by atoms with Crippen LogP contribution in [0.15, 0.2) is 0 Å². The standard InChI is InChI=1S/C17H38O7Si3/c1-17(2,3)12-27(10,24-26(7,8)9)23-14-21-16(19)11-15(18)20-13-22-25(4,5)6/h11-14H2,1-10H3. The summed E-state index contributed by atoms with van der Waals surface area (Å²) in [7, 11) is -6.10. The van der Waals surface area contributed by atoms with Gasteiger partial charge in [0.25, 0.3) is 0 Å². The van der Waals surface area contributed by atoms with Gasteiger partial charge in [-0.05, 0) is 57.3 Å². The van der Waals surface area contributed by atoms with E-state index in [-0.39, 0.29) is 19.0 Å². The van der Waals surface area contributed by atoms with Crippen molar-refractivity contribution < 1.29 is 32.0 Å². The number of carbonyl (C=O) groups is 2. The molecule has 0 aliphatic carbocycles. The summed E-state index contributed by atoms with van der Waals surface area (Å²) in [5, 5.41) is 0. The monoisotopic (exact) mass is 438 g/mol. The molecule has 1 atom stereocenters. The highest BCUT2D eigenvalue weighted by Crippen LogP contribution is 2.31. The average Bonchev–Trinajstić information content (AvgIpc) is 2.31. The Kier molecular flexibility index (Phi) is 10.1. The second-order valence-corrected chi connectivity index (χ2v) is 22.4. The lowest BCUT2D eigenvalue weighted by atomic mass is 10.0. The van der Waals surface area contributed by atoms with Crippen LogP contribution in [0.1, 0.15) is 27.2 Å². The Balaban J connectivity index is 4.45. The highest BCUT2D eigenvalue weighted by molar-refractivity contribution is 6.82. The van der Waals surface area contributed by atoms with E-state index in [0.29, 0.717) is 0 Å². The van der Waals surface area contributed by atoms with Gasteiger partial charge in [0.15, 0.2) is 30.2 Å². The van der Waals surface area contributed by atoms with Crippen LogP contribution in [0.2, 0.25) is 51.9 Å². The largest absolute Gasteiger partial charge is 0.439 e. The second kappa shape index (κ2) is 10.3. The van der Waals surface area contributed by atoms with E-state index in [0.717, 1.165) is 6.04 Å². The molecule has 0 aromatic heterocycles. The van der Waals surface area contributed by atoms with E-state index in [9.17, 15) is 9.59 Å². The molecule has 27 heavy (non-hydrogen) atoms. The van der Waals surface area contributed by atoms with Gasteiger partial charge in [0.2, 0.25) is 0 Å². The molecule has 0 amide bonds. The minimum Gasteiger partial charge on any atom is -0.439 e. The predicted molar refractivity (Wildman–Crippen MR) is 112 cm³/mol. The summed E-state index contributed by atoms with van der Waals surface area (Å²) in [6.45, 7) is 20.3. The maximum Gasteiger partial charge on any atom is 0.327 e. The van der Waals surface area contributed by atoms with E-state index in [1.54, 1.807) is 0 Å². The summed E-state index contributed by atoms with van der Waals surface area (Å²) in [4.78, 5) is 23.5. The summed E-state index contributed by atoms with van der Waals surface area (Å²) in [6, 6.07) is 0.776. The number of hydrogen-bond donors (Lipinski definition) is 0. The molecule has 0 spiro atoms. The summed E-state index contributed by atoms with van der Waals surface area (Å²) in [5.74, 6) is -1.36. The van der Waals surface area contributed by atoms with Crippen molar-refractivity contribution >= 4 is 37.1 Å². The van der Waals surface area contributed by atoms with E-state index < -0.39 is 43.6 Å². The van der Waals surface area contributed by atoms with Crippen molar-refractivity contribution in [3.63, 3.8) is 0 Å². The zero-order valence-corrected chi connectivity index (χ0v) is 21.7. The van der Waals surface area contributed by atoms with Crippen molar-refractivity contribution in [3.8, 4) is 0 Å². The van der Waals surface area contributed by atoms with E-state index >= 15 is 0 Å². The van der Waals surface area contributed by atoms with Gasteiger partial charge in [-0.15, -0.1) is 0 Å². The van der Waals surface area contributed by atoms with Crippen LogP contribution in [0.3, 0.4) is 0 Å². The third-order valence-electron chi connectivity index (χ3n) is 2.96. The molecule has 0 aromatic carbocycles. The van der Waals surface area contributed by atoms with Gasteiger partial charge in [-0.25, -0.2) is 0 Å². The van der Waals surface area contributed by atoms with Crippen molar-refractivity contribution in [2.75, 3.05) is 13.6 Å². The van der Waals surface area contributed by atoms with Gasteiger partial charge in [-0.1, -0.05) is 20.8 Å². The van der Waals surface area contributed by atoms with Crippen LogP contribution in [-0.2, 0) is 32.0 Å². The maximum atomic E-state index is 11.8. The zero-order chi connectivity index (χ0) is 21.5. The van der Waals surface area contributed by atoms with Crippen molar-refractivity contribution in [2.45, 2.75) is 79.1 Å². The van der Waals surface area contributed by atoms with Gasteiger partial charge in [-0.2, -0.15) is 0 Å². The molecule has 0 radical (unpaired) electrons. The molecule has 0 aromatic rings. The van der Waals surface area contributed by atoms with Gasteiger partial charge in [0.1, 0.15) is 6.42 Å². The van der Waals surface area contributed by atoms with Gasteiger partial charge in [-0.3, -0.25) is 9.59 Å². The molecule has 0 rings (SSSR count). The minimum absolute atomic E-state index is 0.0325. The van der Waals surface area contributed by atoms with Crippen LogP contribution < -0.4 is 0 Å². The molecule has 1 unspecified atom stereocenters. The fourth-order valence-electron chi connectivity index (χ4n) is 2.44. The number of ether oxygens (including phenoxy) is 2. The van der Waals surface area contributed by atoms with Crippen molar-refractivity contribution in [1.82, 2.24) is 0 Å². The molecule has 0 aliphatic rings. The molecule has 0 bridgehead atoms. The van der Waals surface area contributed by atoms with Gasteiger partial charge in [0.05, 0.1) is 0 Å². The maximum absolute atomic E-state index is 11.8.